The van der Waals surface area contributed by atoms with Crippen molar-refractivity contribution < 1.29 is 22.7 Å². The Morgan fingerprint density at radius 2 is 1.77 bits per heavy atom. The van der Waals surface area contributed by atoms with Crippen molar-refractivity contribution in [2.75, 3.05) is 13.2 Å². The number of halogens is 4. The molecule has 8 heteroatoms. The van der Waals surface area contributed by atoms with Crippen LogP contribution in [0.15, 0.2) is 24.3 Å². The molecule has 1 aromatic carbocycles. The zero-order valence-corrected chi connectivity index (χ0v) is 12.8. The molecule has 0 heterocycles. The van der Waals surface area contributed by atoms with Crippen molar-refractivity contribution in [1.82, 2.24) is 5.32 Å². The number of nitrogens with one attached hydrogen (secondary N) is 1. The fraction of sp³-hybridized carbons (Fsp3) is 0.500. The van der Waals surface area contributed by atoms with E-state index < -0.39 is 12.8 Å². The highest BCUT2D eigenvalue weighted by Crippen LogP contribution is 2.15. The summed E-state index contributed by atoms with van der Waals surface area (Å²) < 4.78 is 40.3. The second kappa shape index (κ2) is 10.4. The lowest BCUT2D eigenvalue weighted by Crippen LogP contribution is -2.23. The van der Waals surface area contributed by atoms with Gasteiger partial charge in [-0.05, 0) is 24.1 Å². The van der Waals surface area contributed by atoms with Crippen molar-refractivity contribution in [2.45, 2.75) is 32.2 Å². The van der Waals surface area contributed by atoms with E-state index in [1.54, 1.807) is 24.3 Å². The Morgan fingerprint density at radius 1 is 1.18 bits per heavy atom. The van der Waals surface area contributed by atoms with Crippen molar-refractivity contribution in [3.05, 3.63) is 35.4 Å². The molecular weight excluding hydrogens is 321 g/mol. The molecule has 0 aliphatic heterocycles. The minimum Gasteiger partial charge on any atom is -0.367 e. The Balaban J connectivity index is 0.00000441. The Labute approximate surface area is 133 Å². The minimum atomic E-state index is -4.31. The van der Waals surface area contributed by atoms with Gasteiger partial charge in [0, 0.05) is 13.0 Å². The van der Waals surface area contributed by atoms with Gasteiger partial charge in [0.05, 0.1) is 6.61 Å². The van der Waals surface area contributed by atoms with Crippen LogP contribution < -0.4 is 11.1 Å². The molecule has 126 valence electrons. The van der Waals surface area contributed by atoms with Crippen molar-refractivity contribution in [3.63, 3.8) is 0 Å². The van der Waals surface area contributed by atoms with Crippen LogP contribution in [0.5, 0.6) is 0 Å². The van der Waals surface area contributed by atoms with Crippen molar-refractivity contribution >= 4 is 18.3 Å². The van der Waals surface area contributed by atoms with E-state index in [1.807, 2.05) is 0 Å². The highest BCUT2D eigenvalue weighted by Gasteiger charge is 2.27. The van der Waals surface area contributed by atoms with Gasteiger partial charge in [0.15, 0.2) is 0 Å². The van der Waals surface area contributed by atoms with E-state index in [4.69, 9.17) is 5.73 Å². The van der Waals surface area contributed by atoms with Gasteiger partial charge in [0.1, 0.15) is 6.61 Å². The van der Waals surface area contributed by atoms with E-state index in [1.165, 1.54) is 0 Å². The number of nitrogens with two attached hydrogens (primary N) is 1. The quantitative estimate of drug-likeness (QED) is 0.764. The minimum absolute atomic E-state index is 0. The number of benzene rings is 1. The van der Waals surface area contributed by atoms with Crippen molar-refractivity contribution in [3.8, 4) is 0 Å². The summed E-state index contributed by atoms with van der Waals surface area (Å²) in [5.74, 6) is -0.0713. The van der Waals surface area contributed by atoms with Crippen LogP contribution in [0.2, 0.25) is 0 Å². The molecular formula is C14H20ClF3N2O2. The largest absolute Gasteiger partial charge is 0.411 e. The number of amides is 1. The third-order valence-corrected chi connectivity index (χ3v) is 2.66. The number of carbonyl (C=O) groups is 1. The summed E-state index contributed by atoms with van der Waals surface area (Å²) >= 11 is 0. The lowest BCUT2D eigenvalue weighted by molar-refractivity contribution is -0.176. The molecule has 1 aromatic rings. The summed E-state index contributed by atoms with van der Waals surface area (Å²) in [6, 6.07) is 6.85. The molecule has 0 bridgehead atoms. The summed E-state index contributed by atoms with van der Waals surface area (Å²) in [6.07, 6.45) is -3.28. The first-order chi connectivity index (χ1) is 9.90. The maximum Gasteiger partial charge on any atom is 0.411 e. The maximum absolute atomic E-state index is 11.9. The van der Waals surface area contributed by atoms with E-state index >= 15 is 0 Å². The van der Waals surface area contributed by atoms with Gasteiger partial charge < -0.3 is 15.8 Å². The first-order valence-electron chi connectivity index (χ1n) is 6.60. The van der Waals surface area contributed by atoms with Crippen LogP contribution in [0.25, 0.3) is 0 Å². The number of ether oxygens (including phenoxy) is 1. The fourth-order valence-corrected chi connectivity index (χ4v) is 1.59. The molecule has 0 saturated carbocycles. The highest BCUT2D eigenvalue weighted by molar-refractivity contribution is 5.85. The van der Waals surface area contributed by atoms with Crippen LogP contribution in [0.3, 0.4) is 0 Å². The smallest absolute Gasteiger partial charge is 0.367 e. The summed E-state index contributed by atoms with van der Waals surface area (Å²) in [4.78, 5) is 11.4. The zero-order chi connectivity index (χ0) is 15.7. The summed E-state index contributed by atoms with van der Waals surface area (Å²) in [5.41, 5.74) is 6.83. The molecule has 1 amide bonds. The van der Waals surface area contributed by atoms with Crippen molar-refractivity contribution in [1.29, 1.82) is 0 Å². The van der Waals surface area contributed by atoms with Crippen LogP contribution in [-0.4, -0.2) is 25.2 Å². The predicted octanol–water partition coefficient (Wildman–Crippen LogP) is 2.54. The Kier molecular flexibility index (Phi) is 9.80. The molecule has 22 heavy (non-hydrogen) atoms. The average Bonchev–Trinajstić information content (AvgIpc) is 2.43. The first kappa shape index (κ1) is 20.7. The van der Waals surface area contributed by atoms with Gasteiger partial charge in [0.25, 0.3) is 0 Å². The zero-order valence-electron chi connectivity index (χ0n) is 12.0. The van der Waals surface area contributed by atoms with Gasteiger partial charge in [-0.15, -0.1) is 12.4 Å². The number of rotatable bonds is 8. The molecule has 0 aliphatic carbocycles. The molecule has 1 rings (SSSR count). The topological polar surface area (TPSA) is 64.4 Å². The van der Waals surface area contributed by atoms with E-state index in [2.05, 4.69) is 10.1 Å². The number of hydrogen-bond donors (Lipinski definition) is 2. The Bertz CT molecular complexity index is 439. The number of alkyl halides is 3. The second-order valence-corrected chi connectivity index (χ2v) is 4.59. The summed E-state index contributed by atoms with van der Waals surface area (Å²) in [6.45, 7) is -0.498. The van der Waals surface area contributed by atoms with Gasteiger partial charge in [-0.3, -0.25) is 4.79 Å². The molecule has 0 spiro atoms. The normalized spacial score (nSPS) is 10.9. The lowest BCUT2D eigenvalue weighted by Gasteiger charge is -2.09. The molecule has 0 aromatic heterocycles. The third kappa shape index (κ3) is 9.59. The first-order valence-corrected chi connectivity index (χ1v) is 6.60. The van der Waals surface area contributed by atoms with Gasteiger partial charge >= 0.3 is 6.18 Å². The van der Waals surface area contributed by atoms with Crippen LogP contribution in [0.1, 0.15) is 24.0 Å². The molecule has 0 atom stereocenters. The molecule has 0 radical (unpaired) electrons. The SMILES string of the molecule is Cl.NCCCC(=O)NCc1ccc(COCC(F)(F)F)cc1. The van der Waals surface area contributed by atoms with Crippen LogP contribution in [0.4, 0.5) is 13.2 Å². The Morgan fingerprint density at radius 3 is 2.32 bits per heavy atom. The summed E-state index contributed by atoms with van der Waals surface area (Å²) in [7, 11) is 0. The maximum atomic E-state index is 11.9. The number of carbonyl (C=O) groups excluding carboxylic acids is 1. The van der Waals surface area contributed by atoms with Crippen LogP contribution in [0, 0.1) is 0 Å². The molecule has 0 saturated heterocycles. The van der Waals surface area contributed by atoms with Gasteiger partial charge in [-0.1, -0.05) is 24.3 Å². The molecule has 0 fully saturated rings. The number of hydrogen-bond acceptors (Lipinski definition) is 3. The highest BCUT2D eigenvalue weighted by atomic mass is 35.5. The molecule has 0 aliphatic rings. The van der Waals surface area contributed by atoms with Gasteiger partial charge in [-0.2, -0.15) is 13.2 Å². The monoisotopic (exact) mass is 340 g/mol. The average molecular weight is 341 g/mol. The van der Waals surface area contributed by atoms with E-state index in [0.29, 0.717) is 31.5 Å². The Hall–Kier alpha value is -1.31. The molecule has 4 nitrogen and oxygen atoms in total. The standard InChI is InChI=1S/C14H19F3N2O2.ClH/c15-14(16,17)10-21-9-12-5-3-11(4-6-12)8-19-13(20)2-1-7-18;/h3-6H,1-2,7-10,18H2,(H,19,20);1H. The van der Waals surface area contributed by atoms with E-state index in [0.717, 1.165) is 5.56 Å². The van der Waals surface area contributed by atoms with Crippen molar-refractivity contribution in [2.24, 2.45) is 5.73 Å². The van der Waals surface area contributed by atoms with Gasteiger partial charge in [0.2, 0.25) is 5.91 Å². The predicted molar refractivity (Wildman–Crippen MR) is 79.5 cm³/mol. The van der Waals surface area contributed by atoms with Crippen LogP contribution in [-0.2, 0) is 22.7 Å². The fourth-order valence-electron chi connectivity index (χ4n) is 1.59. The van der Waals surface area contributed by atoms with Crippen LogP contribution >= 0.6 is 12.4 Å². The van der Waals surface area contributed by atoms with Gasteiger partial charge in [-0.25, -0.2) is 0 Å². The lowest BCUT2D eigenvalue weighted by atomic mass is 10.1. The van der Waals surface area contributed by atoms with E-state index in [-0.39, 0.29) is 24.9 Å². The molecule has 3 N–H and O–H groups in total. The second-order valence-electron chi connectivity index (χ2n) is 4.59. The molecule has 0 unspecified atom stereocenters. The summed E-state index contributed by atoms with van der Waals surface area (Å²) in [5, 5.41) is 2.74. The third-order valence-electron chi connectivity index (χ3n) is 2.66. The van der Waals surface area contributed by atoms with E-state index in [9.17, 15) is 18.0 Å².